The molecule has 0 saturated heterocycles. The molecule has 0 radical (unpaired) electrons. The number of rotatable bonds is 8. The molecule has 0 spiro atoms. The Balaban J connectivity index is 1.91. The molecule has 2 aromatic carbocycles. The second-order valence-electron chi connectivity index (χ2n) is 7.13. The van der Waals surface area contributed by atoms with E-state index in [1.54, 1.807) is 0 Å². The summed E-state index contributed by atoms with van der Waals surface area (Å²) in [5, 5.41) is 9.69. The molecule has 0 aliphatic carbocycles. The van der Waals surface area contributed by atoms with E-state index in [2.05, 4.69) is 18.0 Å². The lowest BCUT2D eigenvalue weighted by Crippen LogP contribution is -2.03. The first kappa shape index (κ1) is 20.4. The van der Waals surface area contributed by atoms with E-state index in [4.69, 9.17) is 10.5 Å². The highest BCUT2D eigenvalue weighted by Crippen LogP contribution is 2.36. The predicted molar refractivity (Wildman–Crippen MR) is 119 cm³/mol. The Labute approximate surface area is 173 Å². The van der Waals surface area contributed by atoms with E-state index in [0.717, 1.165) is 46.7 Å². The van der Waals surface area contributed by atoms with Gasteiger partial charge in [0.25, 0.3) is 0 Å². The number of hydrogen-bond donors (Lipinski definition) is 1. The number of nitrogens with two attached hydrogens (primary N) is 1. The number of benzene rings is 2. The molecule has 3 rings (SSSR count). The van der Waals surface area contributed by atoms with Crippen LogP contribution < -0.4 is 10.5 Å². The lowest BCUT2D eigenvalue weighted by Gasteiger charge is -2.15. The maximum atomic E-state index is 9.69. The van der Waals surface area contributed by atoms with E-state index >= 15 is 0 Å². The minimum absolute atomic E-state index is 0.253. The van der Waals surface area contributed by atoms with Crippen molar-refractivity contribution in [2.45, 2.75) is 39.5 Å². The molecule has 0 unspecified atom stereocenters. The fourth-order valence-electron chi connectivity index (χ4n) is 3.48. The summed E-state index contributed by atoms with van der Waals surface area (Å²) in [5.41, 5.74) is 11.0. The molecule has 3 aromatic rings. The van der Waals surface area contributed by atoms with Crippen molar-refractivity contribution in [1.82, 2.24) is 4.98 Å². The Morgan fingerprint density at radius 3 is 2.34 bits per heavy atom. The van der Waals surface area contributed by atoms with Gasteiger partial charge >= 0.3 is 0 Å². The fraction of sp³-hybridized carbons (Fsp3) is 0.280. The van der Waals surface area contributed by atoms with Crippen LogP contribution in [0.3, 0.4) is 0 Å². The van der Waals surface area contributed by atoms with E-state index in [-0.39, 0.29) is 5.82 Å². The SMILES string of the molecule is CCCCCCOc1ccc(-c2c(C)c(-c3ccccc3)nc(N)c2C#N)cc1. The lowest BCUT2D eigenvalue weighted by atomic mass is 9.93. The van der Waals surface area contributed by atoms with E-state index in [1.165, 1.54) is 19.3 Å². The summed E-state index contributed by atoms with van der Waals surface area (Å²) in [6.07, 6.45) is 4.72. The van der Waals surface area contributed by atoms with Gasteiger partial charge in [-0.3, -0.25) is 0 Å². The van der Waals surface area contributed by atoms with Gasteiger partial charge in [-0.05, 0) is 36.6 Å². The van der Waals surface area contributed by atoms with Crippen LogP contribution in [-0.2, 0) is 0 Å². The lowest BCUT2D eigenvalue weighted by molar-refractivity contribution is 0.305. The Hall–Kier alpha value is -3.32. The number of pyridine rings is 1. The van der Waals surface area contributed by atoms with Gasteiger partial charge < -0.3 is 10.5 Å². The van der Waals surface area contributed by atoms with E-state index < -0.39 is 0 Å². The van der Waals surface area contributed by atoms with Crippen molar-refractivity contribution in [3.8, 4) is 34.2 Å². The van der Waals surface area contributed by atoms with E-state index in [9.17, 15) is 5.26 Å². The van der Waals surface area contributed by atoms with Gasteiger partial charge in [-0.2, -0.15) is 5.26 Å². The Kier molecular flexibility index (Phi) is 6.86. The number of nitrogens with zero attached hydrogens (tertiary/aromatic N) is 2. The molecule has 0 bridgehead atoms. The van der Waals surface area contributed by atoms with Crippen LogP contribution >= 0.6 is 0 Å². The maximum Gasteiger partial charge on any atom is 0.142 e. The van der Waals surface area contributed by atoms with E-state index in [1.807, 2.05) is 61.5 Å². The van der Waals surface area contributed by atoms with Crippen LogP contribution in [0.4, 0.5) is 5.82 Å². The van der Waals surface area contributed by atoms with Gasteiger partial charge in [0.15, 0.2) is 0 Å². The normalized spacial score (nSPS) is 10.5. The van der Waals surface area contributed by atoms with Gasteiger partial charge in [0.05, 0.1) is 12.3 Å². The van der Waals surface area contributed by atoms with Crippen LogP contribution in [0.2, 0.25) is 0 Å². The van der Waals surface area contributed by atoms with Crippen LogP contribution in [0.15, 0.2) is 54.6 Å². The average Bonchev–Trinajstić information content (AvgIpc) is 2.76. The summed E-state index contributed by atoms with van der Waals surface area (Å²) in [6, 6.07) is 20.0. The van der Waals surface area contributed by atoms with Crippen LogP contribution in [0.25, 0.3) is 22.4 Å². The first-order valence-electron chi connectivity index (χ1n) is 10.1. The average molecular weight is 386 g/mol. The molecule has 4 nitrogen and oxygen atoms in total. The second kappa shape index (κ2) is 9.75. The van der Waals surface area contributed by atoms with Gasteiger partial charge in [-0.1, -0.05) is 68.7 Å². The number of nitriles is 1. The molecule has 0 fully saturated rings. The minimum atomic E-state index is 0.253. The van der Waals surface area contributed by atoms with Crippen molar-refractivity contribution >= 4 is 5.82 Å². The quantitative estimate of drug-likeness (QED) is 0.473. The first-order valence-corrected chi connectivity index (χ1v) is 10.1. The molecule has 1 aromatic heterocycles. The highest BCUT2D eigenvalue weighted by molar-refractivity contribution is 5.84. The molecule has 29 heavy (non-hydrogen) atoms. The number of aromatic nitrogens is 1. The number of hydrogen-bond acceptors (Lipinski definition) is 4. The van der Waals surface area contributed by atoms with Crippen molar-refractivity contribution in [2.24, 2.45) is 0 Å². The highest BCUT2D eigenvalue weighted by Gasteiger charge is 2.18. The van der Waals surface area contributed by atoms with Gasteiger partial charge in [-0.25, -0.2) is 4.98 Å². The Morgan fingerprint density at radius 2 is 1.69 bits per heavy atom. The van der Waals surface area contributed by atoms with Crippen LogP contribution in [0, 0.1) is 18.3 Å². The summed E-state index contributed by atoms with van der Waals surface area (Å²) in [4.78, 5) is 4.51. The van der Waals surface area contributed by atoms with Crippen molar-refractivity contribution in [2.75, 3.05) is 12.3 Å². The molecule has 4 heteroatoms. The molecule has 0 aliphatic heterocycles. The monoisotopic (exact) mass is 385 g/mol. The largest absolute Gasteiger partial charge is 0.494 e. The summed E-state index contributed by atoms with van der Waals surface area (Å²) in [7, 11) is 0. The Morgan fingerprint density at radius 1 is 0.966 bits per heavy atom. The fourth-order valence-corrected chi connectivity index (χ4v) is 3.48. The van der Waals surface area contributed by atoms with E-state index in [0.29, 0.717) is 5.56 Å². The zero-order valence-electron chi connectivity index (χ0n) is 17.1. The van der Waals surface area contributed by atoms with Crippen LogP contribution in [0.5, 0.6) is 5.75 Å². The number of ether oxygens (including phenoxy) is 1. The smallest absolute Gasteiger partial charge is 0.142 e. The van der Waals surface area contributed by atoms with Crippen molar-refractivity contribution < 1.29 is 4.74 Å². The molecule has 148 valence electrons. The predicted octanol–water partition coefficient (Wildman–Crippen LogP) is 6.14. The third kappa shape index (κ3) is 4.75. The maximum absolute atomic E-state index is 9.69. The van der Waals surface area contributed by atoms with Gasteiger partial charge in [0.2, 0.25) is 0 Å². The summed E-state index contributed by atoms with van der Waals surface area (Å²) >= 11 is 0. The van der Waals surface area contributed by atoms with Crippen molar-refractivity contribution in [1.29, 1.82) is 5.26 Å². The molecule has 2 N–H and O–H groups in total. The van der Waals surface area contributed by atoms with Gasteiger partial charge in [0.1, 0.15) is 23.2 Å². The van der Waals surface area contributed by atoms with Crippen LogP contribution in [0.1, 0.15) is 43.7 Å². The number of unbranched alkanes of at least 4 members (excludes halogenated alkanes) is 3. The van der Waals surface area contributed by atoms with Crippen molar-refractivity contribution in [3.63, 3.8) is 0 Å². The van der Waals surface area contributed by atoms with Gasteiger partial charge in [0, 0.05) is 11.1 Å². The minimum Gasteiger partial charge on any atom is -0.494 e. The molecule has 1 heterocycles. The molecule has 0 saturated carbocycles. The molecule has 0 atom stereocenters. The zero-order chi connectivity index (χ0) is 20.6. The standard InChI is InChI=1S/C25H27N3O/c1-3-4-5-9-16-29-21-14-12-19(13-15-21)23-18(2)24(20-10-7-6-8-11-20)28-25(27)22(23)17-26/h6-8,10-15H,3-5,9,16H2,1-2H3,(H2,27,28). The molecule has 0 amide bonds. The van der Waals surface area contributed by atoms with Crippen LogP contribution in [-0.4, -0.2) is 11.6 Å². The van der Waals surface area contributed by atoms with Crippen molar-refractivity contribution in [3.05, 3.63) is 65.7 Å². The number of anilines is 1. The highest BCUT2D eigenvalue weighted by atomic mass is 16.5. The Bertz CT molecular complexity index is 989. The summed E-state index contributed by atoms with van der Waals surface area (Å²) in [5.74, 6) is 1.09. The molecular formula is C25H27N3O. The molecule has 0 aliphatic rings. The van der Waals surface area contributed by atoms with Gasteiger partial charge in [-0.15, -0.1) is 0 Å². The molecular weight excluding hydrogens is 358 g/mol. The second-order valence-corrected chi connectivity index (χ2v) is 7.13. The first-order chi connectivity index (χ1) is 14.2. The summed E-state index contributed by atoms with van der Waals surface area (Å²) in [6.45, 7) is 4.91. The zero-order valence-corrected chi connectivity index (χ0v) is 17.1. The topological polar surface area (TPSA) is 71.9 Å². The summed E-state index contributed by atoms with van der Waals surface area (Å²) < 4.78 is 5.84. The third-order valence-corrected chi connectivity index (χ3v) is 5.04. The third-order valence-electron chi connectivity index (χ3n) is 5.04. The number of nitrogen functional groups attached to an aromatic ring is 1.